The maximum atomic E-state index is 12.2. The maximum Gasteiger partial charge on any atom is 0.248 e. The Morgan fingerprint density at radius 1 is 1.14 bits per heavy atom. The summed E-state index contributed by atoms with van der Waals surface area (Å²) in [7, 11) is 0. The largest absolute Gasteiger partial charge is 0.366 e. The van der Waals surface area contributed by atoms with Gasteiger partial charge in [0.1, 0.15) is 6.04 Å². The molecule has 0 radical (unpaired) electrons. The quantitative estimate of drug-likeness (QED) is 0.668. The SMILES string of the molecule is CC1=C(C(N)=O)C(c2ccc(Cl)cc2Cl)n2nc(-c3ccc(C)cc3)nc2N1. The van der Waals surface area contributed by atoms with Crippen LogP contribution in [0.3, 0.4) is 0 Å². The Kier molecular flexibility index (Phi) is 4.61. The number of rotatable bonds is 3. The molecule has 0 saturated carbocycles. The van der Waals surface area contributed by atoms with Crippen LogP contribution < -0.4 is 11.1 Å². The zero-order chi connectivity index (χ0) is 20.0. The van der Waals surface area contributed by atoms with Crippen molar-refractivity contribution in [2.45, 2.75) is 19.9 Å². The summed E-state index contributed by atoms with van der Waals surface area (Å²) < 4.78 is 1.64. The molecule has 1 aliphatic heterocycles. The maximum absolute atomic E-state index is 12.2. The Morgan fingerprint density at radius 3 is 2.50 bits per heavy atom. The summed E-state index contributed by atoms with van der Waals surface area (Å²) in [4.78, 5) is 16.8. The normalized spacial score (nSPS) is 15.9. The number of aromatic nitrogens is 3. The van der Waals surface area contributed by atoms with E-state index >= 15 is 0 Å². The van der Waals surface area contributed by atoms with Crippen LogP contribution in [0.15, 0.2) is 53.7 Å². The lowest BCUT2D eigenvalue weighted by Crippen LogP contribution is -2.32. The number of anilines is 1. The van der Waals surface area contributed by atoms with Gasteiger partial charge in [-0.15, -0.1) is 5.10 Å². The highest BCUT2D eigenvalue weighted by Crippen LogP contribution is 2.39. The van der Waals surface area contributed by atoms with E-state index < -0.39 is 11.9 Å². The number of primary amides is 1. The fraction of sp³-hybridized carbons (Fsp3) is 0.150. The van der Waals surface area contributed by atoms with Gasteiger partial charge in [0.15, 0.2) is 5.82 Å². The van der Waals surface area contributed by atoms with E-state index in [1.807, 2.05) is 31.2 Å². The molecule has 3 aromatic rings. The van der Waals surface area contributed by atoms with Gasteiger partial charge in [-0.3, -0.25) is 4.79 Å². The number of amides is 1. The molecular weight excluding hydrogens is 397 g/mol. The van der Waals surface area contributed by atoms with E-state index in [-0.39, 0.29) is 0 Å². The minimum Gasteiger partial charge on any atom is -0.366 e. The van der Waals surface area contributed by atoms with E-state index in [2.05, 4.69) is 15.4 Å². The summed E-state index contributed by atoms with van der Waals surface area (Å²) in [6.45, 7) is 3.79. The summed E-state index contributed by atoms with van der Waals surface area (Å²) in [6, 6.07) is 12.4. The van der Waals surface area contributed by atoms with E-state index in [0.717, 1.165) is 11.1 Å². The number of hydrogen-bond donors (Lipinski definition) is 2. The molecule has 0 bridgehead atoms. The van der Waals surface area contributed by atoms with Crippen molar-refractivity contribution >= 4 is 35.1 Å². The van der Waals surface area contributed by atoms with Crippen molar-refractivity contribution in [2.75, 3.05) is 5.32 Å². The van der Waals surface area contributed by atoms with Crippen LogP contribution in [-0.4, -0.2) is 20.7 Å². The third-order valence-corrected chi connectivity index (χ3v) is 5.25. The fourth-order valence-electron chi connectivity index (χ4n) is 3.31. The molecule has 28 heavy (non-hydrogen) atoms. The standard InChI is InChI=1S/C20H17Cl2N5O/c1-10-3-5-12(6-4-10)19-25-20-24-11(2)16(18(23)28)17(27(20)26-19)14-8-7-13(21)9-15(14)22/h3-9,17H,1-2H3,(H2,23,28)(H,24,25,26). The van der Waals surface area contributed by atoms with Gasteiger partial charge in [-0.05, 0) is 26.0 Å². The molecule has 142 valence electrons. The lowest BCUT2D eigenvalue weighted by molar-refractivity contribution is -0.115. The van der Waals surface area contributed by atoms with Gasteiger partial charge in [0.25, 0.3) is 0 Å². The molecule has 8 heteroatoms. The molecule has 0 saturated heterocycles. The van der Waals surface area contributed by atoms with Crippen molar-refractivity contribution in [1.82, 2.24) is 14.8 Å². The van der Waals surface area contributed by atoms with Crippen LogP contribution >= 0.6 is 23.2 Å². The number of nitrogens with one attached hydrogen (secondary N) is 1. The number of hydrogen-bond acceptors (Lipinski definition) is 4. The van der Waals surface area contributed by atoms with E-state index in [4.69, 9.17) is 28.9 Å². The predicted molar refractivity (Wildman–Crippen MR) is 110 cm³/mol. The first-order valence-corrected chi connectivity index (χ1v) is 9.37. The number of carbonyl (C=O) groups excluding carboxylic acids is 1. The molecule has 1 amide bonds. The number of nitrogens with two attached hydrogens (primary N) is 1. The van der Waals surface area contributed by atoms with Crippen molar-refractivity contribution in [2.24, 2.45) is 5.73 Å². The number of aryl methyl sites for hydroxylation is 1. The minimum absolute atomic E-state index is 0.372. The van der Waals surface area contributed by atoms with Gasteiger partial charge in [-0.2, -0.15) is 4.98 Å². The molecule has 1 unspecified atom stereocenters. The number of fused-ring (bicyclic) bond motifs is 1. The summed E-state index contributed by atoms with van der Waals surface area (Å²) >= 11 is 12.5. The highest BCUT2D eigenvalue weighted by atomic mass is 35.5. The predicted octanol–water partition coefficient (Wildman–Crippen LogP) is 4.33. The molecule has 0 fully saturated rings. The van der Waals surface area contributed by atoms with Crippen LogP contribution in [0.25, 0.3) is 11.4 Å². The topological polar surface area (TPSA) is 85.8 Å². The Balaban J connectivity index is 1.90. The van der Waals surface area contributed by atoms with E-state index in [9.17, 15) is 4.79 Å². The fourth-order valence-corrected chi connectivity index (χ4v) is 3.82. The van der Waals surface area contributed by atoms with E-state index in [1.54, 1.807) is 29.8 Å². The minimum atomic E-state index is -0.606. The van der Waals surface area contributed by atoms with Gasteiger partial charge in [0, 0.05) is 26.9 Å². The molecule has 1 aromatic heterocycles. The molecular formula is C20H17Cl2N5O. The Morgan fingerprint density at radius 2 is 1.86 bits per heavy atom. The van der Waals surface area contributed by atoms with Crippen LogP contribution in [0, 0.1) is 6.92 Å². The van der Waals surface area contributed by atoms with Gasteiger partial charge in [0.05, 0.1) is 5.57 Å². The van der Waals surface area contributed by atoms with Crippen molar-refractivity contribution in [3.8, 4) is 11.4 Å². The molecule has 3 N–H and O–H groups in total. The lowest BCUT2D eigenvalue weighted by Gasteiger charge is -2.28. The van der Waals surface area contributed by atoms with Crippen LogP contribution in [0.2, 0.25) is 10.0 Å². The smallest absolute Gasteiger partial charge is 0.248 e. The number of allylic oxidation sites excluding steroid dienone is 1. The molecule has 0 aliphatic carbocycles. The molecule has 2 heterocycles. The summed E-state index contributed by atoms with van der Waals surface area (Å²) in [5, 5.41) is 8.69. The Bertz CT molecular complexity index is 1120. The van der Waals surface area contributed by atoms with Gasteiger partial charge in [-0.25, -0.2) is 4.68 Å². The first-order valence-electron chi connectivity index (χ1n) is 8.61. The lowest BCUT2D eigenvalue weighted by atomic mass is 9.95. The van der Waals surface area contributed by atoms with Crippen molar-refractivity contribution in [3.05, 3.63) is 74.9 Å². The average Bonchev–Trinajstić information content (AvgIpc) is 3.04. The zero-order valence-electron chi connectivity index (χ0n) is 15.2. The highest BCUT2D eigenvalue weighted by Gasteiger charge is 2.34. The summed E-state index contributed by atoms with van der Waals surface area (Å²) in [5.41, 5.74) is 9.35. The monoisotopic (exact) mass is 413 g/mol. The molecule has 4 rings (SSSR count). The number of carbonyl (C=O) groups is 1. The van der Waals surface area contributed by atoms with Crippen molar-refractivity contribution in [1.29, 1.82) is 0 Å². The second-order valence-electron chi connectivity index (χ2n) is 6.67. The summed E-state index contributed by atoms with van der Waals surface area (Å²) in [6.07, 6.45) is 0. The number of nitrogens with zero attached hydrogens (tertiary/aromatic N) is 3. The van der Waals surface area contributed by atoms with Crippen molar-refractivity contribution < 1.29 is 4.79 Å². The van der Waals surface area contributed by atoms with Crippen LogP contribution in [0.5, 0.6) is 0 Å². The first kappa shape index (κ1) is 18.5. The van der Waals surface area contributed by atoms with Gasteiger partial charge in [-0.1, -0.05) is 59.1 Å². The number of halogens is 2. The Labute approximate surface area is 172 Å². The molecule has 2 aromatic carbocycles. The second kappa shape index (κ2) is 6.96. The molecule has 1 atom stereocenters. The molecule has 6 nitrogen and oxygen atoms in total. The Hall–Kier alpha value is -2.83. The summed E-state index contributed by atoms with van der Waals surface area (Å²) in [5.74, 6) is 0.490. The van der Waals surface area contributed by atoms with Gasteiger partial charge in [0.2, 0.25) is 11.9 Å². The van der Waals surface area contributed by atoms with Crippen LogP contribution in [-0.2, 0) is 4.79 Å². The third-order valence-electron chi connectivity index (χ3n) is 4.68. The molecule has 1 aliphatic rings. The zero-order valence-corrected chi connectivity index (χ0v) is 16.7. The van der Waals surface area contributed by atoms with Crippen molar-refractivity contribution in [3.63, 3.8) is 0 Å². The second-order valence-corrected chi connectivity index (χ2v) is 7.51. The third kappa shape index (κ3) is 3.15. The van der Waals surface area contributed by atoms with E-state index in [1.165, 1.54) is 0 Å². The first-order chi connectivity index (χ1) is 13.3. The van der Waals surface area contributed by atoms with Gasteiger partial charge < -0.3 is 11.1 Å². The average molecular weight is 414 g/mol. The van der Waals surface area contributed by atoms with Crippen LogP contribution in [0.4, 0.5) is 5.95 Å². The molecule has 0 spiro atoms. The van der Waals surface area contributed by atoms with Crippen LogP contribution in [0.1, 0.15) is 24.1 Å². The van der Waals surface area contributed by atoms with Gasteiger partial charge >= 0.3 is 0 Å². The highest BCUT2D eigenvalue weighted by molar-refractivity contribution is 6.35. The van der Waals surface area contributed by atoms with E-state index in [0.29, 0.717) is 38.7 Å². The number of benzene rings is 2.